The first-order chi connectivity index (χ1) is 9.10. The Hall–Kier alpha value is -1.58. The van der Waals surface area contributed by atoms with Gasteiger partial charge in [0.1, 0.15) is 17.3 Å². The zero-order valence-corrected chi connectivity index (χ0v) is 11.6. The summed E-state index contributed by atoms with van der Waals surface area (Å²) in [7, 11) is 1.90. The second-order valence-electron chi connectivity index (χ2n) is 4.30. The van der Waals surface area contributed by atoms with E-state index in [-0.39, 0.29) is 10.8 Å². The monoisotopic (exact) mass is 279 g/mol. The Labute approximate surface area is 117 Å². The van der Waals surface area contributed by atoms with E-state index in [1.165, 1.54) is 23.8 Å². The fraction of sp³-hybridized carbons (Fsp3) is 0.200. The first-order valence-corrected chi connectivity index (χ1v) is 6.35. The van der Waals surface area contributed by atoms with Gasteiger partial charge in [0.25, 0.3) is 0 Å². The Kier molecular flexibility index (Phi) is 4.40. The summed E-state index contributed by atoms with van der Waals surface area (Å²) in [6, 6.07) is 9.89. The Morgan fingerprint density at radius 1 is 1.21 bits per heavy atom. The van der Waals surface area contributed by atoms with Gasteiger partial charge in [-0.2, -0.15) is 0 Å². The van der Waals surface area contributed by atoms with Gasteiger partial charge < -0.3 is 10.1 Å². The molecule has 4 heteroatoms. The molecule has 0 atom stereocenters. The molecule has 0 aromatic heterocycles. The molecule has 100 valence electrons. The van der Waals surface area contributed by atoms with E-state index >= 15 is 0 Å². The molecule has 0 bridgehead atoms. The predicted octanol–water partition coefficient (Wildman–Crippen LogP) is 4.30. The van der Waals surface area contributed by atoms with Gasteiger partial charge in [0.2, 0.25) is 0 Å². The van der Waals surface area contributed by atoms with Crippen molar-refractivity contribution < 1.29 is 9.13 Å². The van der Waals surface area contributed by atoms with Crippen LogP contribution in [0.25, 0.3) is 0 Å². The summed E-state index contributed by atoms with van der Waals surface area (Å²) < 4.78 is 18.6. The van der Waals surface area contributed by atoms with Crippen LogP contribution in [0.2, 0.25) is 5.02 Å². The molecular weight excluding hydrogens is 265 g/mol. The van der Waals surface area contributed by atoms with Crippen LogP contribution in [0.4, 0.5) is 4.39 Å². The van der Waals surface area contributed by atoms with E-state index in [0.29, 0.717) is 11.5 Å². The van der Waals surface area contributed by atoms with Crippen molar-refractivity contribution in [3.63, 3.8) is 0 Å². The molecule has 0 aliphatic carbocycles. The number of ether oxygens (including phenoxy) is 1. The first kappa shape index (κ1) is 13.8. The zero-order chi connectivity index (χ0) is 13.8. The lowest BCUT2D eigenvalue weighted by atomic mass is 10.1. The Morgan fingerprint density at radius 2 is 2.00 bits per heavy atom. The molecule has 0 amide bonds. The second-order valence-corrected chi connectivity index (χ2v) is 4.70. The normalized spacial score (nSPS) is 10.5. The van der Waals surface area contributed by atoms with Crippen molar-refractivity contribution in [1.82, 2.24) is 5.32 Å². The van der Waals surface area contributed by atoms with Crippen LogP contribution in [0.5, 0.6) is 11.5 Å². The van der Waals surface area contributed by atoms with Gasteiger partial charge >= 0.3 is 0 Å². The smallest absolute Gasteiger partial charge is 0.146 e. The van der Waals surface area contributed by atoms with Crippen molar-refractivity contribution in [2.24, 2.45) is 0 Å². The van der Waals surface area contributed by atoms with Crippen LogP contribution in [0, 0.1) is 12.7 Å². The van der Waals surface area contributed by atoms with Gasteiger partial charge in [-0.15, -0.1) is 0 Å². The van der Waals surface area contributed by atoms with Gasteiger partial charge in [0.05, 0.1) is 5.02 Å². The van der Waals surface area contributed by atoms with Gasteiger partial charge in [0.15, 0.2) is 0 Å². The third-order valence-electron chi connectivity index (χ3n) is 2.80. The molecule has 0 heterocycles. The van der Waals surface area contributed by atoms with Crippen molar-refractivity contribution in [1.29, 1.82) is 0 Å². The van der Waals surface area contributed by atoms with Crippen LogP contribution in [0.1, 0.15) is 11.1 Å². The summed E-state index contributed by atoms with van der Waals surface area (Å²) in [6.07, 6.45) is 0. The highest BCUT2D eigenvalue weighted by Gasteiger charge is 2.06. The molecule has 19 heavy (non-hydrogen) atoms. The van der Waals surface area contributed by atoms with E-state index < -0.39 is 0 Å². The standard InChI is InChI=1S/C15H15ClFNO/c1-10-7-13(5-3-11(10)9-18-2)19-15-6-4-12(17)8-14(15)16/h3-8,18H,9H2,1-2H3. The van der Waals surface area contributed by atoms with Gasteiger partial charge in [-0.3, -0.25) is 0 Å². The van der Waals surface area contributed by atoms with Crippen molar-refractivity contribution in [2.45, 2.75) is 13.5 Å². The minimum Gasteiger partial charge on any atom is -0.456 e. The number of rotatable bonds is 4. The molecule has 2 aromatic rings. The van der Waals surface area contributed by atoms with Crippen LogP contribution in [-0.2, 0) is 6.54 Å². The molecule has 1 N–H and O–H groups in total. The third kappa shape index (κ3) is 3.46. The van der Waals surface area contributed by atoms with Crippen LogP contribution in [-0.4, -0.2) is 7.05 Å². The van der Waals surface area contributed by atoms with Gasteiger partial charge in [0, 0.05) is 6.54 Å². The summed E-state index contributed by atoms with van der Waals surface area (Å²) >= 11 is 5.93. The average Bonchev–Trinajstić information content (AvgIpc) is 2.36. The Morgan fingerprint density at radius 3 is 2.63 bits per heavy atom. The Bertz CT molecular complexity index is 586. The lowest BCUT2D eigenvalue weighted by Crippen LogP contribution is -2.06. The fourth-order valence-electron chi connectivity index (χ4n) is 1.81. The maximum atomic E-state index is 12.9. The van der Waals surface area contributed by atoms with E-state index in [1.54, 1.807) is 0 Å². The van der Waals surface area contributed by atoms with Crippen LogP contribution < -0.4 is 10.1 Å². The number of hydrogen-bond acceptors (Lipinski definition) is 2. The van der Waals surface area contributed by atoms with Gasteiger partial charge in [-0.25, -0.2) is 4.39 Å². The van der Waals surface area contributed by atoms with Crippen LogP contribution in [0.3, 0.4) is 0 Å². The van der Waals surface area contributed by atoms with E-state index in [0.717, 1.165) is 12.1 Å². The second kappa shape index (κ2) is 6.04. The number of halogens is 2. The SMILES string of the molecule is CNCc1ccc(Oc2ccc(F)cc2Cl)cc1C. The molecule has 2 aromatic carbocycles. The van der Waals surface area contributed by atoms with E-state index in [4.69, 9.17) is 16.3 Å². The molecule has 0 unspecified atom stereocenters. The largest absolute Gasteiger partial charge is 0.456 e. The minimum atomic E-state index is -0.377. The predicted molar refractivity (Wildman–Crippen MR) is 75.4 cm³/mol. The molecule has 0 radical (unpaired) electrons. The van der Waals surface area contributed by atoms with Crippen molar-refractivity contribution in [2.75, 3.05) is 7.05 Å². The van der Waals surface area contributed by atoms with E-state index in [9.17, 15) is 4.39 Å². The number of hydrogen-bond donors (Lipinski definition) is 1. The maximum absolute atomic E-state index is 12.9. The van der Waals surface area contributed by atoms with Gasteiger partial charge in [-0.05, 0) is 55.4 Å². The highest BCUT2D eigenvalue weighted by atomic mass is 35.5. The summed E-state index contributed by atoms with van der Waals surface area (Å²) in [6.45, 7) is 2.83. The summed E-state index contributed by atoms with van der Waals surface area (Å²) in [4.78, 5) is 0. The molecule has 0 aliphatic rings. The van der Waals surface area contributed by atoms with Crippen molar-refractivity contribution in [3.05, 3.63) is 58.4 Å². The number of nitrogens with one attached hydrogen (secondary N) is 1. The van der Waals surface area contributed by atoms with Crippen molar-refractivity contribution in [3.8, 4) is 11.5 Å². The lowest BCUT2D eigenvalue weighted by molar-refractivity contribution is 0.480. The molecule has 0 spiro atoms. The molecule has 0 saturated heterocycles. The molecule has 0 aliphatic heterocycles. The quantitative estimate of drug-likeness (QED) is 0.901. The highest BCUT2D eigenvalue weighted by molar-refractivity contribution is 6.32. The van der Waals surface area contributed by atoms with Crippen molar-refractivity contribution >= 4 is 11.6 Å². The average molecular weight is 280 g/mol. The fourth-order valence-corrected chi connectivity index (χ4v) is 2.01. The highest BCUT2D eigenvalue weighted by Crippen LogP contribution is 2.30. The third-order valence-corrected chi connectivity index (χ3v) is 3.10. The molecular formula is C15H15ClFNO. The zero-order valence-electron chi connectivity index (χ0n) is 10.8. The number of aryl methyl sites for hydroxylation is 1. The maximum Gasteiger partial charge on any atom is 0.146 e. The van der Waals surface area contributed by atoms with Crippen LogP contribution in [0.15, 0.2) is 36.4 Å². The van der Waals surface area contributed by atoms with Crippen LogP contribution >= 0.6 is 11.6 Å². The molecule has 0 fully saturated rings. The van der Waals surface area contributed by atoms with Gasteiger partial charge in [-0.1, -0.05) is 17.7 Å². The Balaban J connectivity index is 2.21. The minimum absolute atomic E-state index is 0.261. The van der Waals surface area contributed by atoms with E-state index in [2.05, 4.69) is 5.32 Å². The topological polar surface area (TPSA) is 21.3 Å². The molecule has 2 nitrogen and oxygen atoms in total. The molecule has 2 rings (SSSR count). The summed E-state index contributed by atoms with van der Waals surface area (Å²) in [5.41, 5.74) is 2.34. The number of benzene rings is 2. The summed E-state index contributed by atoms with van der Waals surface area (Å²) in [5.74, 6) is 0.757. The van der Waals surface area contributed by atoms with E-state index in [1.807, 2.05) is 32.2 Å². The summed E-state index contributed by atoms with van der Waals surface area (Å²) in [5, 5.41) is 3.37. The molecule has 0 saturated carbocycles. The first-order valence-electron chi connectivity index (χ1n) is 5.97. The lowest BCUT2D eigenvalue weighted by Gasteiger charge is -2.10.